The van der Waals surface area contributed by atoms with E-state index < -0.39 is 11.8 Å². The van der Waals surface area contributed by atoms with Gasteiger partial charge in [0.05, 0.1) is 24.6 Å². The van der Waals surface area contributed by atoms with Crippen molar-refractivity contribution in [3.05, 3.63) is 84.1 Å². The fourth-order valence-corrected chi connectivity index (χ4v) is 2.43. The van der Waals surface area contributed by atoms with Gasteiger partial charge in [0.1, 0.15) is 5.82 Å². The minimum Gasteiger partial charge on any atom is -0.472 e. The number of hydrogen-bond donors (Lipinski definition) is 3. The Morgan fingerprint density at radius 2 is 1.78 bits per heavy atom. The first-order chi connectivity index (χ1) is 13.1. The molecular weight excluding hydrogens is 349 g/mol. The molecular formula is C20H18FN3O3. The van der Waals surface area contributed by atoms with E-state index in [-0.39, 0.29) is 18.0 Å². The van der Waals surface area contributed by atoms with Gasteiger partial charge in [0, 0.05) is 17.8 Å². The van der Waals surface area contributed by atoms with Crippen molar-refractivity contribution in [2.45, 2.75) is 13.0 Å². The molecule has 6 nitrogen and oxygen atoms in total. The number of amides is 3. The molecule has 1 aromatic heterocycles. The fourth-order valence-electron chi connectivity index (χ4n) is 2.43. The molecule has 1 heterocycles. The van der Waals surface area contributed by atoms with Crippen LogP contribution in [-0.2, 0) is 17.8 Å². The van der Waals surface area contributed by atoms with E-state index >= 15 is 0 Å². The third kappa shape index (κ3) is 5.43. The molecule has 27 heavy (non-hydrogen) atoms. The van der Waals surface area contributed by atoms with Crippen LogP contribution >= 0.6 is 0 Å². The van der Waals surface area contributed by atoms with Gasteiger partial charge in [-0.15, -0.1) is 0 Å². The lowest BCUT2D eigenvalue weighted by molar-refractivity contribution is -0.115. The third-order valence-corrected chi connectivity index (χ3v) is 3.74. The summed E-state index contributed by atoms with van der Waals surface area (Å²) in [5, 5.41) is 7.77. The summed E-state index contributed by atoms with van der Waals surface area (Å²) in [6, 6.07) is 14.4. The Hall–Kier alpha value is -3.61. The van der Waals surface area contributed by atoms with Crippen molar-refractivity contribution in [1.29, 1.82) is 0 Å². The molecule has 0 spiro atoms. The summed E-state index contributed by atoms with van der Waals surface area (Å²) in [4.78, 5) is 24.0. The Morgan fingerprint density at radius 3 is 2.52 bits per heavy atom. The second-order valence-electron chi connectivity index (χ2n) is 5.84. The minimum absolute atomic E-state index is 0.00330. The summed E-state index contributed by atoms with van der Waals surface area (Å²) < 4.78 is 18.9. The molecule has 138 valence electrons. The van der Waals surface area contributed by atoms with E-state index in [1.807, 2.05) is 30.3 Å². The van der Waals surface area contributed by atoms with Gasteiger partial charge >= 0.3 is 6.03 Å². The molecule has 0 saturated heterocycles. The predicted molar refractivity (Wildman–Crippen MR) is 99.7 cm³/mol. The SMILES string of the molecule is O=C(Cc1ccccc1)Nc1cc(NC(=O)NCc2ccoc2)ccc1F. The molecule has 0 fully saturated rings. The quantitative estimate of drug-likeness (QED) is 0.617. The molecule has 0 radical (unpaired) electrons. The maximum Gasteiger partial charge on any atom is 0.319 e. The lowest BCUT2D eigenvalue weighted by Crippen LogP contribution is -2.28. The number of carbonyl (C=O) groups is 2. The topological polar surface area (TPSA) is 83.4 Å². The Labute approximate surface area is 155 Å². The first-order valence-electron chi connectivity index (χ1n) is 8.29. The first-order valence-corrected chi connectivity index (χ1v) is 8.29. The van der Waals surface area contributed by atoms with E-state index in [1.54, 1.807) is 6.07 Å². The van der Waals surface area contributed by atoms with Crippen molar-refractivity contribution < 1.29 is 18.4 Å². The molecule has 0 aliphatic rings. The molecule has 0 atom stereocenters. The molecule has 7 heteroatoms. The maximum absolute atomic E-state index is 14.0. The molecule has 3 N–H and O–H groups in total. The highest BCUT2D eigenvalue weighted by molar-refractivity contribution is 5.94. The van der Waals surface area contributed by atoms with Crippen molar-refractivity contribution >= 4 is 23.3 Å². The Balaban J connectivity index is 1.58. The van der Waals surface area contributed by atoms with Gasteiger partial charge in [-0.05, 0) is 29.8 Å². The summed E-state index contributed by atoms with van der Waals surface area (Å²) in [5.74, 6) is -0.928. The van der Waals surface area contributed by atoms with Gasteiger partial charge in [0.25, 0.3) is 0 Å². The van der Waals surface area contributed by atoms with Crippen molar-refractivity contribution in [2.75, 3.05) is 10.6 Å². The van der Waals surface area contributed by atoms with Crippen LogP contribution in [0.2, 0.25) is 0 Å². The Kier molecular flexibility index (Phi) is 5.84. The van der Waals surface area contributed by atoms with Gasteiger partial charge < -0.3 is 20.4 Å². The summed E-state index contributed by atoms with van der Waals surface area (Å²) >= 11 is 0. The zero-order chi connectivity index (χ0) is 19.1. The molecule has 3 aromatic rings. The summed E-state index contributed by atoms with van der Waals surface area (Å²) in [6.07, 6.45) is 3.17. The number of furan rings is 1. The minimum atomic E-state index is -0.583. The second-order valence-corrected chi connectivity index (χ2v) is 5.84. The number of hydrogen-bond acceptors (Lipinski definition) is 3. The highest BCUT2D eigenvalue weighted by atomic mass is 19.1. The molecule has 3 amide bonds. The molecule has 3 rings (SSSR count). The van der Waals surface area contributed by atoms with Crippen molar-refractivity contribution in [3.63, 3.8) is 0 Å². The highest BCUT2D eigenvalue weighted by Gasteiger charge is 2.10. The molecule has 0 unspecified atom stereocenters. The van der Waals surface area contributed by atoms with Gasteiger partial charge in [-0.3, -0.25) is 4.79 Å². The smallest absolute Gasteiger partial charge is 0.319 e. The molecule has 0 saturated carbocycles. The largest absolute Gasteiger partial charge is 0.472 e. The van der Waals surface area contributed by atoms with E-state index in [2.05, 4.69) is 16.0 Å². The van der Waals surface area contributed by atoms with Crippen molar-refractivity contribution in [2.24, 2.45) is 0 Å². The number of rotatable bonds is 6. The zero-order valence-corrected chi connectivity index (χ0v) is 14.4. The Morgan fingerprint density at radius 1 is 0.963 bits per heavy atom. The standard InChI is InChI=1S/C20H18FN3O3/c21-17-7-6-16(23-20(26)22-12-15-8-9-27-13-15)11-18(17)24-19(25)10-14-4-2-1-3-5-14/h1-9,11,13H,10,12H2,(H,24,25)(H2,22,23,26). The summed E-state index contributed by atoms with van der Waals surface area (Å²) in [6.45, 7) is 0.296. The van der Waals surface area contributed by atoms with Crippen LogP contribution in [0, 0.1) is 5.82 Å². The normalized spacial score (nSPS) is 10.3. The van der Waals surface area contributed by atoms with Gasteiger partial charge in [0.15, 0.2) is 0 Å². The lowest BCUT2D eigenvalue weighted by Gasteiger charge is -2.11. The lowest BCUT2D eigenvalue weighted by atomic mass is 10.1. The number of benzene rings is 2. The monoisotopic (exact) mass is 367 g/mol. The van der Waals surface area contributed by atoms with Gasteiger partial charge in [0.2, 0.25) is 5.91 Å². The fraction of sp³-hybridized carbons (Fsp3) is 0.100. The van der Waals surface area contributed by atoms with Crippen LogP contribution in [-0.4, -0.2) is 11.9 Å². The third-order valence-electron chi connectivity index (χ3n) is 3.74. The summed E-state index contributed by atoms with van der Waals surface area (Å²) in [5.41, 5.74) is 2.00. The molecule has 0 aliphatic carbocycles. The number of nitrogens with one attached hydrogen (secondary N) is 3. The molecule has 2 aromatic carbocycles. The van der Waals surface area contributed by atoms with E-state index in [9.17, 15) is 14.0 Å². The number of urea groups is 1. The van der Waals surface area contributed by atoms with Crippen LogP contribution in [0.15, 0.2) is 71.5 Å². The van der Waals surface area contributed by atoms with Crippen LogP contribution in [0.4, 0.5) is 20.6 Å². The zero-order valence-electron chi connectivity index (χ0n) is 14.4. The van der Waals surface area contributed by atoms with Crippen LogP contribution in [0.1, 0.15) is 11.1 Å². The second kappa shape index (κ2) is 8.66. The van der Waals surface area contributed by atoms with Crippen LogP contribution in [0.25, 0.3) is 0 Å². The van der Waals surface area contributed by atoms with E-state index in [1.165, 1.54) is 30.7 Å². The predicted octanol–water partition coefficient (Wildman–Crippen LogP) is 3.92. The average Bonchev–Trinajstić information content (AvgIpc) is 3.17. The van der Waals surface area contributed by atoms with Gasteiger partial charge in [-0.1, -0.05) is 30.3 Å². The summed E-state index contributed by atoms with van der Waals surface area (Å²) in [7, 11) is 0. The Bertz CT molecular complexity index is 911. The first kappa shape index (κ1) is 18.2. The van der Waals surface area contributed by atoms with Gasteiger partial charge in [-0.2, -0.15) is 0 Å². The maximum atomic E-state index is 14.0. The molecule has 0 bridgehead atoms. The van der Waals surface area contributed by atoms with Crippen molar-refractivity contribution in [3.8, 4) is 0 Å². The van der Waals surface area contributed by atoms with Gasteiger partial charge in [-0.25, -0.2) is 9.18 Å². The van der Waals surface area contributed by atoms with Crippen molar-refractivity contribution in [1.82, 2.24) is 5.32 Å². The van der Waals surface area contributed by atoms with E-state index in [0.29, 0.717) is 12.2 Å². The average molecular weight is 367 g/mol. The highest BCUT2D eigenvalue weighted by Crippen LogP contribution is 2.20. The van der Waals surface area contributed by atoms with Crippen LogP contribution in [0.3, 0.4) is 0 Å². The van der Waals surface area contributed by atoms with E-state index in [0.717, 1.165) is 11.1 Å². The number of halogens is 1. The number of carbonyl (C=O) groups excluding carboxylic acids is 2. The van der Waals surface area contributed by atoms with E-state index in [4.69, 9.17) is 4.42 Å². The number of anilines is 2. The van der Waals surface area contributed by atoms with Crippen LogP contribution in [0.5, 0.6) is 0 Å². The molecule has 0 aliphatic heterocycles. The van der Waals surface area contributed by atoms with Crippen LogP contribution < -0.4 is 16.0 Å².